The number of anilines is 2. The third kappa shape index (κ3) is 2.41. The van der Waals surface area contributed by atoms with Crippen LogP contribution in [0.3, 0.4) is 0 Å². The molecule has 4 N–H and O–H groups in total. The number of hydrazine groups is 1. The average Bonchev–Trinajstić information content (AvgIpc) is 2.91. The molecule has 0 aliphatic carbocycles. The first kappa shape index (κ1) is 13.1. The number of nitrogens with two attached hydrogens (primary N) is 1. The number of aryl methyl sites for hydroxylation is 1. The van der Waals surface area contributed by atoms with E-state index in [1.54, 1.807) is 24.1 Å². The highest BCUT2D eigenvalue weighted by atomic mass is 16.1. The number of nitrogens with zero attached hydrogens (tertiary/aromatic N) is 3. The van der Waals surface area contributed by atoms with Gasteiger partial charge in [0.1, 0.15) is 5.82 Å². The highest BCUT2D eigenvalue weighted by molar-refractivity contribution is 6.14. The van der Waals surface area contributed by atoms with E-state index in [1.807, 2.05) is 24.3 Å². The highest BCUT2D eigenvalue weighted by Gasteiger charge is 2.13. The zero-order valence-electron chi connectivity index (χ0n) is 11.4. The largest absolute Gasteiger partial charge is 0.319 e. The lowest BCUT2D eigenvalue weighted by molar-refractivity contribution is 0.102. The molecule has 0 bridgehead atoms. The third-order valence-corrected chi connectivity index (χ3v) is 3.14. The Morgan fingerprint density at radius 3 is 2.67 bits per heavy atom. The molecule has 0 unspecified atom stereocenters. The molecule has 0 aliphatic rings. The smallest absolute Gasteiger partial charge is 0.257 e. The maximum Gasteiger partial charge on any atom is 0.257 e. The van der Waals surface area contributed by atoms with Crippen molar-refractivity contribution in [2.75, 3.05) is 10.7 Å². The number of carbonyl (C=O) groups excluding carboxylic acids is 1. The first-order valence-corrected chi connectivity index (χ1v) is 6.33. The van der Waals surface area contributed by atoms with Gasteiger partial charge in [-0.25, -0.2) is 10.8 Å². The number of nitrogen functional groups attached to an aromatic ring is 1. The Labute approximate surface area is 120 Å². The third-order valence-electron chi connectivity index (χ3n) is 3.14. The molecule has 1 amide bonds. The van der Waals surface area contributed by atoms with Crippen LogP contribution in [0.15, 0.2) is 42.9 Å². The standard InChI is InChI=1S/C14H14N6O/c1-20-8-9(6-17-20)18-14(21)12-7-16-13(19-15)11-5-3-2-4-10(11)12/h2-8H,15H2,1H3,(H,16,19)(H,18,21). The summed E-state index contributed by atoms with van der Waals surface area (Å²) in [5.41, 5.74) is 3.65. The van der Waals surface area contributed by atoms with E-state index in [0.717, 1.165) is 10.8 Å². The maximum absolute atomic E-state index is 12.4. The molecule has 3 rings (SSSR count). The Hall–Kier alpha value is -2.93. The van der Waals surface area contributed by atoms with Gasteiger partial charge in [-0.2, -0.15) is 5.10 Å². The van der Waals surface area contributed by atoms with Crippen LogP contribution in [-0.4, -0.2) is 20.7 Å². The van der Waals surface area contributed by atoms with Crippen LogP contribution < -0.4 is 16.6 Å². The Kier molecular flexibility index (Phi) is 3.25. The van der Waals surface area contributed by atoms with E-state index in [4.69, 9.17) is 5.84 Å². The van der Waals surface area contributed by atoms with E-state index in [2.05, 4.69) is 20.8 Å². The molecule has 3 aromatic rings. The minimum Gasteiger partial charge on any atom is -0.319 e. The molecule has 7 heteroatoms. The van der Waals surface area contributed by atoms with Crippen molar-refractivity contribution in [1.29, 1.82) is 0 Å². The second-order valence-electron chi connectivity index (χ2n) is 4.57. The number of aromatic nitrogens is 3. The number of nitrogens with one attached hydrogen (secondary N) is 2. The molecule has 7 nitrogen and oxygen atoms in total. The van der Waals surface area contributed by atoms with E-state index in [9.17, 15) is 4.79 Å². The van der Waals surface area contributed by atoms with Crippen molar-refractivity contribution in [3.05, 3.63) is 48.4 Å². The molecule has 0 fully saturated rings. The lowest BCUT2D eigenvalue weighted by atomic mass is 10.1. The molecule has 0 saturated carbocycles. The summed E-state index contributed by atoms with van der Waals surface area (Å²) in [7, 11) is 1.79. The molecule has 21 heavy (non-hydrogen) atoms. The van der Waals surface area contributed by atoms with Gasteiger partial charge in [0.2, 0.25) is 0 Å². The van der Waals surface area contributed by atoms with Crippen LogP contribution in [-0.2, 0) is 7.05 Å². The van der Waals surface area contributed by atoms with Crippen molar-refractivity contribution in [2.45, 2.75) is 0 Å². The number of rotatable bonds is 3. The van der Waals surface area contributed by atoms with Crippen LogP contribution in [0.5, 0.6) is 0 Å². The van der Waals surface area contributed by atoms with E-state index in [0.29, 0.717) is 17.1 Å². The van der Waals surface area contributed by atoms with Gasteiger partial charge in [0.25, 0.3) is 5.91 Å². The lowest BCUT2D eigenvalue weighted by Gasteiger charge is -2.09. The fourth-order valence-electron chi connectivity index (χ4n) is 2.17. The Bertz CT molecular complexity index is 810. The van der Waals surface area contributed by atoms with Gasteiger partial charge in [-0.1, -0.05) is 24.3 Å². The number of hydrogen-bond acceptors (Lipinski definition) is 5. The Morgan fingerprint density at radius 2 is 2.00 bits per heavy atom. The molecule has 2 aromatic heterocycles. The van der Waals surface area contributed by atoms with E-state index >= 15 is 0 Å². The van der Waals surface area contributed by atoms with Crippen molar-refractivity contribution in [1.82, 2.24) is 14.8 Å². The zero-order chi connectivity index (χ0) is 14.8. The zero-order valence-corrected chi connectivity index (χ0v) is 11.4. The first-order chi connectivity index (χ1) is 10.2. The molecule has 0 spiro atoms. The van der Waals surface area contributed by atoms with Crippen LogP contribution in [0.25, 0.3) is 10.8 Å². The molecule has 0 aliphatic heterocycles. The number of carbonyl (C=O) groups is 1. The fraction of sp³-hybridized carbons (Fsp3) is 0.0714. The monoisotopic (exact) mass is 282 g/mol. The van der Waals surface area contributed by atoms with E-state index in [-0.39, 0.29) is 5.91 Å². The maximum atomic E-state index is 12.4. The normalized spacial score (nSPS) is 10.6. The predicted octanol–water partition coefficient (Wildman–Crippen LogP) is 1.51. The van der Waals surface area contributed by atoms with E-state index < -0.39 is 0 Å². The van der Waals surface area contributed by atoms with Crippen LogP contribution in [0, 0.1) is 0 Å². The number of fused-ring (bicyclic) bond motifs is 1. The van der Waals surface area contributed by atoms with Gasteiger partial charge in [-0.15, -0.1) is 0 Å². The summed E-state index contributed by atoms with van der Waals surface area (Å²) in [5, 5.41) is 8.38. The summed E-state index contributed by atoms with van der Waals surface area (Å²) >= 11 is 0. The van der Waals surface area contributed by atoms with Gasteiger partial charge in [0.05, 0.1) is 17.4 Å². The second-order valence-corrected chi connectivity index (χ2v) is 4.57. The van der Waals surface area contributed by atoms with Crippen molar-refractivity contribution in [2.24, 2.45) is 12.9 Å². The molecular formula is C14H14N6O. The van der Waals surface area contributed by atoms with Gasteiger partial charge >= 0.3 is 0 Å². The summed E-state index contributed by atoms with van der Waals surface area (Å²) in [5.74, 6) is 5.73. The van der Waals surface area contributed by atoms with Gasteiger partial charge in [-0.05, 0) is 5.39 Å². The first-order valence-electron chi connectivity index (χ1n) is 6.33. The molecule has 1 aromatic carbocycles. The summed E-state index contributed by atoms with van der Waals surface area (Å²) in [6.45, 7) is 0. The number of benzene rings is 1. The van der Waals surface area contributed by atoms with Gasteiger partial charge < -0.3 is 10.7 Å². The van der Waals surface area contributed by atoms with Gasteiger partial charge in [-0.3, -0.25) is 9.48 Å². The Balaban J connectivity index is 2.02. The Morgan fingerprint density at radius 1 is 1.24 bits per heavy atom. The van der Waals surface area contributed by atoms with Crippen LogP contribution in [0.2, 0.25) is 0 Å². The van der Waals surface area contributed by atoms with Crippen molar-refractivity contribution >= 4 is 28.2 Å². The molecule has 0 radical (unpaired) electrons. The van der Waals surface area contributed by atoms with E-state index in [1.165, 1.54) is 6.20 Å². The summed E-state index contributed by atoms with van der Waals surface area (Å²) in [4.78, 5) is 16.6. The van der Waals surface area contributed by atoms with Crippen molar-refractivity contribution in [3.8, 4) is 0 Å². The van der Waals surface area contributed by atoms with Crippen molar-refractivity contribution < 1.29 is 4.79 Å². The molecular weight excluding hydrogens is 268 g/mol. The minimum absolute atomic E-state index is 0.240. The van der Waals surface area contributed by atoms with Crippen molar-refractivity contribution in [3.63, 3.8) is 0 Å². The van der Waals surface area contributed by atoms with Crippen LogP contribution in [0.4, 0.5) is 11.5 Å². The predicted molar refractivity (Wildman–Crippen MR) is 80.7 cm³/mol. The average molecular weight is 282 g/mol. The number of pyridine rings is 1. The highest BCUT2D eigenvalue weighted by Crippen LogP contribution is 2.24. The SMILES string of the molecule is Cn1cc(NC(=O)c2cnc(NN)c3ccccc23)cn1. The topological polar surface area (TPSA) is 97.9 Å². The quantitative estimate of drug-likeness (QED) is 0.499. The van der Waals surface area contributed by atoms with Gasteiger partial charge in [0, 0.05) is 24.8 Å². The molecule has 0 atom stereocenters. The second kappa shape index (κ2) is 5.22. The summed E-state index contributed by atoms with van der Waals surface area (Å²) in [6, 6.07) is 7.45. The minimum atomic E-state index is -0.240. The molecule has 2 heterocycles. The summed E-state index contributed by atoms with van der Waals surface area (Å²) in [6.07, 6.45) is 4.82. The fourth-order valence-corrected chi connectivity index (χ4v) is 2.17. The molecule has 106 valence electrons. The lowest BCUT2D eigenvalue weighted by Crippen LogP contribution is -2.14. The summed E-state index contributed by atoms with van der Waals surface area (Å²) < 4.78 is 1.62. The van der Waals surface area contributed by atoms with Crippen LogP contribution >= 0.6 is 0 Å². The van der Waals surface area contributed by atoms with Crippen LogP contribution in [0.1, 0.15) is 10.4 Å². The molecule has 0 saturated heterocycles. The van der Waals surface area contributed by atoms with Gasteiger partial charge in [0.15, 0.2) is 0 Å². The number of hydrogen-bond donors (Lipinski definition) is 3. The number of amides is 1.